The molecule has 0 spiro atoms. The van der Waals surface area contributed by atoms with Crippen molar-refractivity contribution in [1.82, 2.24) is 10.3 Å². The summed E-state index contributed by atoms with van der Waals surface area (Å²) in [5.74, 6) is -19.0. The van der Waals surface area contributed by atoms with Gasteiger partial charge < -0.3 is 172 Å². The number of aromatic nitrogens is 1. The summed E-state index contributed by atoms with van der Waals surface area (Å²) >= 11 is 0. The molecule has 10 atom stereocenters. The van der Waals surface area contributed by atoms with Gasteiger partial charge in [-0.15, -0.1) is 0 Å². The monoisotopic (exact) mass is 1650 g/mol. The summed E-state index contributed by atoms with van der Waals surface area (Å²) in [7, 11) is 0. The van der Waals surface area contributed by atoms with Gasteiger partial charge in [0.15, 0.2) is 5.96 Å². The normalized spacial score (nSPS) is 12.2. The van der Waals surface area contributed by atoms with Gasteiger partial charge in [-0.2, -0.15) is 0 Å². The Morgan fingerprint density at radius 2 is 0.626 bits per heavy atom. The number of benzene rings is 3. The second-order valence-corrected chi connectivity index (χ2v) is 22.6. The first-order valence-corrected chi connectivity index (χ1v) is 32.4. The number of carboxylic acid groups (broad SMARTS) is 17. The molecule has 0 unspecified atom stereocenters. The van der Waals surface area contributed by atoms with Crippen LogP contribution in [0.25, 0.3) is 10.9 Å². The molecule has 0 fully saturated rings. The second kappa shape index (κ2) is 70.1. The summed E-state index contributed by atoms with van der Waals surface area (Å²) in [6.07, 6.45) is 1.55. The summed E-state index contributed by atoms with van der Waals surface area (Å²) in [6, 6.07) is 16.3. The van der Waals surface area contributed by atoms with E-state index < -0.39 is 188 Å². The van der Waals surface area contributed by atoms with Crippen LogP contribution in [0.3, 0.4) is 0 Å². The number of rotatable bonds is 34. The molecule has 0 saturated heterocycles. The average molecular weight is 1660 g/mol. The van der Waals surface area contributed by atoms with Crippen LogP contribution in [0.2, 0.25) is 0 Å². The molecule has 0 amide bonds. The van der Waals surface area contributed by atoms with Crippen LogP contribution in [0.15, 0.2) is 91.1 Å². The van der Waals surface area contributed by atoms with Gasteiger partial charge in [-0.3, -0.25) is 86.9 Å². The topological polar surface area (TPSA) is 1020 Å². The number of hydrogen-bond donors (Lipinski definition) is 33. The lowest BCUT2D eigenvalue weighted by atomic mass is 10.1. The molecule has 0 aliphatic carbocycles. The number of guanidine groups is 1. The molecule has 1 aromatic heterocycles. The van der Waals surface area contributed by atoms with E-state index in [1.807, 2.05) is 91.1 Å². The fraction of sp³-hybridized carbons (Fsp3) is 0.415. The van der Waals surface area contributed by atoms with Crippen LogP contribution in [0.4, 0.5) is 0 Å². The Balaban J connectivity index is -0.000000183. The Kier molecular flexibility index (Phi) is 71.8. The van der Waals surface area contributed by atoms with Gasteiger partial charge in [-0.1, -0.05) is 92.7 Å². The van der Waals surface area contributed by atoms with Gasteiger partial charge in [0.25, 0.3) is 0 Å². The van der Waals surface area contributed by atoms with Gasteiger partial charge >= 0.3 is 101 Å². The molecule has 1 heterocycles. The van der Waals surface area contributed by atoms with Crippen molar-refractivity contribution in [3.8, 4) is 0 Å². The number of nitrogens with one attached hydrogen (secondary N) is 3. The average Bonchev–Trinajstić information content (AvgIpc) is 1.68. The van der Waals surface area contributed by atoms with E-state index in [0.29, 0.717) is 38.6 Å². The lowest BCUT2D eigenvalue weighted by Crippen LogP contribution is -2.34. The Labute approximate surface area is 653 Å². The highest BCUT2D eigenvalue weighted by Gasteiger charge is 2.20. The van der Waals surface area contributed by atoms with Gasteiger partial charge in [-0.05, 0) is 60.8 Å². The zero-order valence-electron chi connectivity index (χ0n) is 62.0. The molecule has 50 heteroatoms. The molecule has 4 rings (SSSR count). The summed E-state index contributed by atoms with van der Waals surface area (Å²) in [4.78, 5) is 172. The van der Waals surface area contributed by atoms with Crippen molar-refractivity contribution >= 4 is 118 Å². The molecule has 0 saturated carbocycles. The first kappa shape index (κ1) is 118. The Morgan fingerprint density at radius 3 is 0.852 bits per heavy atom. The number of aliphatic carboxylic acids is 17. The lowest BCUT2D eigenvalue weighted by Gasteiger charge is -2.07. The number of nitrogens with two attached hydrogens (primary N) is 13. The number of carboxylic acids is 17. The molecule has 50 nitrogen and oxygen atoms in total. The first-order valence-electron chi connectivity index (χ1n) is 32.4. The Hall–Kier alpha value is -13.0. The molecular weight excluding hydrogens is 1550 g/mol. The number of para-hydroxylation sites is 1. The number of carbonyl (C=O) groups is 17. The minimum atomic E-state index is -1.29. The van der Waals surface area contributed by atoms with E-state index in [9.17, 15) is 81.5 Å². The van der Waals surface area contributed by atoms with Gasteiger partial charge in [-0.25, -0.2) is 0 Å². The van der Waals surface area contributed by atoms with E-state index in [1.165, 1.54) is 0 Å². The maximum absolute atomic E-state index is 10.6. The number of H-pyrrole nitrogens is 1. The highest BCUT2D eigenvalue weighted by atomic mass is 16.4. The molecule has 115 heavy (non-hydrogen) atoms. The quantitative estimate of drug-likeness (QED) is 0.0118. The molecule has 650 valence electrons. The fourth-order valence-corrected chi connectivity index (χ4v) is 5.99. The molecular formula is C65H106N16O34. The van der Waals surface area contributed by atoms with E-state index in [4.69, 9.17) is 155 Å². The second-order valence-electron chi connectivity index (χ2n) is 22.6. The van der Waals surface area contributed by atoms with Gasteiger partial charge in [0, 0.05) is 36.5 Å². The third-order valence-electron chi connectivity index (χ3n) is 12.2. The number of hydrogen-bond acceptors (Lipinski definition) is 30. The predicted octanol–water partition coefficient (Wildman–Crippen LogP) is -6.07. The smallest absolute Gasteiger partial charge is 0.321 e. The van der Waals surface area contributed by atoms with Gasteiger partial charge in [0.1, 0.15) is 60.4 Å². The molecule has 0 aliphatic heterocycles. The maximum atomic E-state index is 10.6. The maximum Gasteiger partial charge on any atom is 0.321 e. The third kappa shape index (κ3) is 80.3. The summed E-state index contributed by atoms with van der Waals surface area (Å²) in [6.45, 7) is 3.48. The molecule has 0 bridgehead atoms. The standard InChI is InChI=1S/C11H12N2O2.2C9H11NO2.C6H14N4O2.C5H9NO4.C5H11NO2.4C4H7NO4.2C2H5NO2/c12-9(11(14)15)5-7-6-13-10-4-2-1-3-8(7)10;2*10-8(9(11)12)6-7-4-2-1-3-5-7;7-4(5(11)12)2-1-3-10-6(8)9;6-3(5(9)10)1-2-4(7)8;1-3(2)4(6)5(7)8;4*5-2(4(8)9)1-3(6)7;2*3-1-2(4)5/h1-4,6,9,13H,5,12H2,(H,14,15);2*1-5,8H,6,10H2,(H,11,12);4H,1-3,7H2,(H,11,12)(H4,8,9,10);3H,1-2,6H2,(H,7,8)(H,9,10);3-4H,6H2,1-2H3,(H,7,8);4*2H,1,5H2,(H,6,7)(H,8,9);2*1,3H2,(H,4,5)/t9-;2*8-;4-;3-;4-;4*2-;;/m0000000000../s1. The molecule has 4 aromatic rings. The first-order chi connectivity index (χ1) is 52.9. The zero-order chi connectivity index (χ0) is 91.6. The van der Waals surface area contributed by atoms with Crippen molar-refractivity contribution < 1.29 is 168 Å². The predicted molar refractivity (Wildman–Crippen MR) is 402 cm³/mol. The third-order valence-corrected chi connectivity index (χ3v) is 12.2. The SMILES string of the molecule is CC(C)[C@H](N)C(=O)O.N=C(N)NCCC[C@H](N)C(=O)O.NCC(=O)O.NCC(=O)O.N[C@@H](CC(=O)O)C(=O)O.N[C@@H](CC(=O)O)C(=O)O.N[C@@H](CC(=O)O)C(=O)O.N[C@@H](CC(=O)O)C(=O)O.N[C@@H](CCC(=O)O)C(=O)O.N[C@@H](Cc1c[nH]c2ccccc12)C(=O)O.N[C@@H](Cc1ccccc1)C(=O)O.N[C@@H](Cc1ccccc1)C(=O)O. The number of fused-ring (bicyclic) bond motifs is 1. The minimum absolute atomic E-state index is 0.0208. The van der Waals surface area contributed by atoms with Crippen molar-refractivity contribution in [3.63, 3.8) is 0 Å². The molecule has 0 aliphatic rings. The highest BCUT2D eigenvalue weighted by molar-refractivity contribution is 5.85. The summed E-state index contributed by atoms with van der Waals surface area (Å²) in [5.41, 5.74) is 68.9. The van der Waals surface area contributed by atoms with Crippen LogP contribution in [0, 0.1) is 11.3 Å². The van der Waals surface area contributed by atoms with E-state index in [2.05, 4.69) is 21.8 Å². The van der Waals surface area contributed by atoms with Crippen molar-refractivity contribution in [1.29, 1.82) is 5.41 Å². The van der Waals surface area contributed by atoms with Crippen molar-refractivity contribution in [2.45, 2.75) is 145 Å². The zero-order valence-corrected chi connectivity index (χ0v) is 62.0. The van der Waals surface area contributed by atoms with Gasteiger partial charge in [0.05, 0.1) is 38.8 Å². The van der Waals surface area contributed by atoms with E-state index in [-0.39, 0.29) is 37.8 Å². The molecule has 0 radical (unpaired) electrons. The van der Waals surface area contributed by atoms with Crippen LogP contribution in [0.1, 0.15) is 81.9 Å². The number of aromatic amines is 1. The van der Waals surface area contributed by atoms with Crippen LogP contribution >= 0.6 is 0 Å². The minimum Gasteiger partial charge on any atom is -0.481 e. The molecule has 46 N–H and O–H groups in total. The summed E-state index contributed by atoms with van der Waals surface area (Å²) < 4.78 is 0. The van der Waals surface area contributed by atoms with E-state index in [1.54, 1.807) is 13.8 Å². The van der Waals surface area contributed by atoms with Crippen molar-refractivity contribution in [2.24, 2.45) is 80.5 Å². The van der Waals surface area contributed by atoms with Crippen LogP contribution in [-0.2, 0) is 101 Å². The summed E-state index contributed by atoms with van der Waals surface area (Å²) in [5, 5.41) is 148. The van der Waals surface area contributed by atoms with E-state index in [0.717, 1.165) is 27.6 Å². The lowest BCUT2D eigenvalue weighted by molar-refractivity contribution is -0.144. The Bertz CT molecular complexity index is 3400. The molecule has 3 aromatic carbocycles. The highest BCUT2D eigenvalue weighted by Crippen LogP contribution is 2.19. The van der Waals surface area contributed by atoms with Crippen LogP contribution in [-0.4, -0.2) is 279 Å². The van der Waals surface area contributed by atoms with Crippen LogP contribution < -0.4 is 79.9 Å². The van der Waals surface area contributed by atoms with Crippen molar-refractivity contribution in [2.75, 3.05) is 19.6 Å². The Morgan fingerprint density at radius 1 is 0.357 bits per heavy atom. The van der Waals surface area contributed by atoms with Crippen molar-refractivity contribution in [3.05, 3.63) is 108 Å². The fourth-order valence-electron chi connectivity index (χ4n) is 5.99. The largest absolute Gasteiger partial charge is 0.481 e. The van der Waals surface area contributed by atoms with Crippen LogP contribution in [0.5, 0.6) is 0 Å². The van der Waals surface area contributed by atoms with E-state index >= 15 is 0 Å². The van der Waals surface area contributed by atoms with Gasteiger partial charge in [0.2, 0.25) is 0 Å².